The number of imide groups is 1. The number of hydrogen-bond donors (Lipinski definition) is 3. The Morgan fingerprint density at radius 1 is 1.26 bits per heavy atom. The van der Waals surface area contributed by atoms with Crippen LogP contribution in [-0.4, -0.2) is 34.4 Å². The van der Waals surface area contributed by atoms with Crippen LogP contribution >= 0.6 is 11.6 Å². The van der Waals surface area contributed by atoms with Gasteiger partial charge in [-0.05, 0) is 36.4 Å². The maximum absolute atomic E-state index is 13.6. The summed E-state index contributed by atoms with van der Waals surface area (Å²) in [6, 6.07) is 8.93. The van der Waals surface area contributed by atoms with E-state index < -0.39 is 30.2 Å². The van der Waals surface area contributed by atoms with Crippen molar-refractivity contribution in [3.63, 3.8) is 0 Å². The number of para-hydroxylation sites is 1. The van der Waals surface area contributed by atoms with Gasteiger partial charge < -0.3 is 15.7 Å². The molecule has 0 aromatic heterocycles. The van der Waals surface area contributed by atoms with Gasteiger partial charge in [0.15, 0.2) is 0 Å². The number of benzene rings is 2. The number of nitrogens with zero attached hydrogens (tertiary/aromatic N) is 1. The average molecular weight is 390 g/mol. The van der Waals surface area contributed by atoms with E-state index in [1.54, 1.807) is 0 Å². The summed E-state index contributed by atoms with van der Waals surface area (Å²) in [4.78, 5) is 37.1. The highest BCUT2D eigenvalue weighted by Gasteiger charge is 2.35. The van der Waals surface area contributed by atoms with E-state index in [0.717, 1.165) is 0 Å². The Morgan fingerprint density at radius 2 is 2.00 bits per heavy atom. The van der Waals surface area contributed by atoms with Gasteiger partial charge in [-0.25, -0.2) is 14.1 Å². The monoisotopic (exact) mass is 389 g/mol. The molecule has 3 rings (SSSR count). The molecule has 27 heavy (non-hydrogen) atoms. The fourth-order valence-corrected chi connectivity index (χ4v) is 2.59. The number of phenols is 1. The topological polar surface area (TPSA) is 98.7 Å². The highest BCUT2D eigenvalue weighted by molar-refractivity contribution is 6.30. The molecule has 9 heteroatoms. The number of aromatic hydroxyl groups is 1. The van der Waals surface area contributed by atoms with E-state index in [9.17, 15) is 23.9 Å². The first-order valence-electron chi connectivity index (χ1n) is 7.72. The van der Waals surface area contributed by atoms with Crippen LogP contribution in [0.25, 0.3) is 6.08 Å². The number of carbonyl (C=O) groups excluding carboxylic acids is 3. The van der Waals surface area contributed by atoms with E-state index in [1.807, 2.05) is 0 Å². The van der Waals surface area contributed by atoms with Gasteiger partial charge in [0, 0.05) is 10.6 Å². The van der Waals surface area contributed by atoms with E-state index in [1.165, 1.54) is 48.5 Å². The van der Waals surface area contributed by atoms with Crippen molar-refractivity contribution < 1.29 is 23.9 Å². The Hall–Kier alpha value is -3.39. The molecule has 0 aliphatic carbocycles. The second-order valence-corrected chi connectivity index (χ2v) is 6.05. The van der Waals surface area contributed by atoms with E-state index in [4.69, 9.17) is 11.6 Å². The highest BCUT2D eigenvalue weighted by atomic mass is 35.5. The molecule has 2 aromatic carbocycles. The van der Waals surface area contributed by atoms with Crippen molar-refractivity contribution >= 4 is 41.2 Å². The van der Waals surface area contributed by atoms with Crippen LogP contribution in [0, 0.1) is 5.82 Å². The summed E-state index contributed by atoms with van der Waals surface area (Å²) < 4.78 is 13.6. The first-order valence-corrected chi connectivity index (χ1v) is 8.10. The third-order valence-corrected chi connectivity index (χ3v) is 3.94. The number of urea groups is 1. The lowest BCUT2D eigenvalue weighted by molar-refractivity contribution is -0.127. The first-order chi connectivity index (χ1) is 12.8. The number of anilines is 1. The van der Waals surface area contributed by atoms with Gasteiger partial charge in [0.05, 0.1) is 5.69 Å². The summed E-state index contributed by atoms with van der Waals surface area (Å²) in [5, 5.41) is 14.8. The number of nitrogens with one attached hydrogen (secondary N) is 2. The van der Waals surface area contributed by atoms with Gasteiger partial charge in [0.1, 0.15) is 23.8 Å². The summed E-state index contributed by atoms with van der Waals surface area (Å²) in [5.74, 6) is -2.27. The number of carbonyl (C=O) groups is 3. The maximum Gasteiger partial charge on any atom is 0.329 e. The summed E-state index contributed by atoms with van der Waals surface area (Å²) in [5.41, 5.74) is 0.0363. The average Bonchev–Trinajstić information content (AvgIpc) is 2.87. The molecule has 1 aliphatic heterocycles. The standard InChI is InChI=1S/C18H13ClFN3O4/c19-11-5-6-15(24)10(7-11)8-14-17(26)23(18(27)22-14)9-16(25)21-13-4-2-1-3-12(13)20/h1-8,24H,9H2,(H,21,25)(H,22,27)/b14-8+. The molecule has 3 N–H and O–H groups in total. The minimum absolute atomic E-state index is 0.0610. The van der Waals surface area contributed by atoms with Crippen molar-refractivity contribution in [1.29, 1.82) is 0 Å². The number of rotatable bonds is 4. The van der Waals surface area contributed by atoms with E-state index >= 15 is 0 Å². The molecule has 0 atom stereocenters. The Kier molecular flexibility index (Phi) is 5.09. The third-order valence-electron chi connectivity index (χ3n) is 3.70. The Bertz CT molecular complexity index is 977. The quantitative estimate of drug-likeness (QED) is 0.553. The lowest BCUT2D eigenvalue weighted by atomic mass is 10.1. The minimum atomic E-state index is -0.809. The van der Waals surface area contributed by atoms with Gasteiger partial charge >= 0.3 is 6.03 Å². The fourth-order valence-electron chi connectivity index (χ4n) is 2.41. The van der Waals surface area contributed by atoms with Crippen LogP contribution in [0.4, 0.5) is 14.9 Å². The number of halogens is 2. The molecule has 0 saturated carbocycles. The largest absolute Gasteiger partial charge is 0.507 e. The van der Waals surface area contributed by atoms with Crippen molar-refractivity contribution in [3.8, 4) is 5.75 Å². The van der Waals surface area contributed by atoms with Crippen molar-refractivity contribution in [2.45, 2.75) is 0 Å². The molecule has 1 saturated heterocycles. The molecular weight excluding hydrogens is 377 g/mol. The zero-order valence-corrected chi connectivity index (χ0v) is 14.5. The molecule has 2 aromatic rings. The first kappa shape index (κ1) is 18.4. The maximum atomic E-state index is 13.6. The lowest BCUT2D eigenvalue weighted by Crippen LogP contribution is -2.38. The minimum Gasteiger partial charge on any atom is -0.507 e. The van der Waals surface area contributed by atoms with Crippen LogP contribution in [0.1, 0.15) is 5.56 Å². The van der Waals surface area contributed by atoms with Gasteiger partial charge in [0.2, 0.25) is 5.91 Å². The second-order valence-electron chi connectivity index (χ2n) is 5.61. The fraction of sp³-hybridized carbons (Fsp3) is 0.0556. The summed E-state index contributed by atoms with van der Waals surface area (Å²) in [6.45, 7) is -0.599. The van der Waals surface area contributed by atoms with Gasteiger partial charge in [0.25, 0.3) is 5.91 Å². The predicted molar refractivity (Wildman–Crippen MR) is 96.4 cm³/mol. The molecule has 1 heterocycles. The van der Waals surface area contributed by atoms with Gasteiger partial charge in [-0.15, -0.1) is 0 Å². The van der Waals surface area contributed by atoms with E-state index in [-0.39, 0.29) is 22.7 Å². The van der Waals surface area contributed by atoms with Crippen LogP contribution in [0.3, 0.4) is 0 Å². The Morgan fingerprint density at radius 3 is 2.74 bits per heavy atom. The third kappa shape index (κ3) is 4.06. The molecule has 0 bridgehead atoms. The summed E-state index contributed by atoms with van der Waals surface area (Å²) in [6.07, 6.45) is 1.25. The van der Waals surface area contributed by atoms with E-state index in [2.05, 4.69) is 10.6 Å². The number of amides is 4. The molecule has 0 radical (unpaired) electrons. The second kappa shape index (κ2) is 7.46. The normalized spacial score (nSPS) is 15.2. The molecule has 1 fully saturated rings. The molecule has 4 amide bonds. The molecule has 1 aliphatic rings. The van der Waals surface area contributed by atoms with Crippen molar-refractivity contribution in [2.75, 3.05) is 11.9 Å². The molecule has 7 nitrogen and oxygen atoms in total. The zero-order valence-electron chi connectivity index (χ0n) is 13.7. The van der Waals surface area contributed by atoms with Crippen molar-refractivity contribution in [2.24, 2.45) is 0 Å². The zero-order chi connectivity index (χ0) is 19.6. The SMILES string of the molecule is O=C(CN1C(=O)N/C(=C/c2cc(Cl)ccc2O)C1=O)Nc1ccccc1F. The van der Waals surface area contributed by atoms with Gasteiger partial charge in [-0.2, -0.15) is 0 Å². The van der Waals surface area contributed by atoms with Crippen molar-refractivity contribution in [3.05, 3.63) is 64.6 Å². The van der Waals surface area contributed by atoms with Crippen molar-refractivity contribution in [1.82, 2.24) is 10.2 Å². The van der Waals surface area contributed by atoms with Crippen LogP contribution in [-0.2, 0) is 9.59 Å². The van der Waals surface area contributed by atoms with Crippen LogP contribution in [0.5, 0.6) is 5.75 Å². The van der Waals surface area contributed by atoms with Crippen LogP contribution in [0.15, 0.2) is 48.2 Å². The number of hydrogen-bond acceptors (Lipinski definition) is 4. The molecule has 0 spiro atoms. The summed E-state index contributed by atoms with van der Waals surface area (Å²) >= 11 is 5.85. The van der Waals surface area contributed by atoms with Crippen LogP contribution < -0.4 is 10.6 Å². The van der Waals surface area contributed by atoms with E-state index in [0.29, 0.717) is 9.92 Å². The predicted octanol–water partition coefficient (Wildman–Crippen LogP) is 2.72. The van der Waals surface area contributed by atoms with Gasteiger partial charge in [-0.1, -0.05) is 23.7 Å². The number of phenolic OH excluding ortho intramolecular Hbond substituents is 1. The molecule has 138 valence electrons. The highest BCUT2D eigenvalue weighted by Crippen LogP contribution is 2.25. The Labute approximate surface area is 158 Å². The van der Waals surface area contributed by atoms with Crippen LogP contribution in [0.2, 0.25) is 5.02 Å². The summed E-state index contributed by atoms with van der Waals surface area (Å²) in [7, 11) is 0. The molecule has 0 unspecified atom stereocenters. The Balaban J connectivity index is 1.74. The lowest BCUT2D eigenvalue weighted by Gasteiger charge is -2.12. The smallest absolute Gasteiger partial charge is 0.329 e. The van der Waals surface area contributed by atoms with Gasteiger partial charge in [-0.3, -0.25) is 9.59 Å². The molecular formula is C18H13ClFN3O4.